The molecule has 0 unspecified atom stereocenters. The van der Waals surface area contributed by atoms with Crippen LogP contribution in [0.2, 0.25) is 0 Å². The molecule has 2 rings (SSSR count). The van der Waals surface area contributed by atoms with E-state index in [9.17, 15) is 5.11 Å². The summed E-state index contributed by atoms with van der Waals surface area (Å²) in [5, 5.41) is 9.49. The molecule has 1 aliphatic heterocycles. The van der Waals surface area contributed by atoms with Gasteiger partial charge < -0.3 is 20.3 Å². The third-order valence-corrected chi connectivity index (χ3v) is 1.95. The van der Waals surface area contributed by atoms with Crippen LogP contribution in [0.15, 0.2) is 12.1 Å². The first-order valence-corrected chi connectivity index (χ1v) is 4.13. The molecule has 1 aromatic carbocycles. The van der Waals surface area contributed by atoms with E-state index in [0.717, 1.165) is 12.0 Å². The van der Waals surface area contributed by atoms with Crippen LogP contribution in [-0.2, 0) is 6.42 Å². The van der Waals surface area contributed by atoms with Gasteiger partial charge in [0.15, 0.2) is 11.5 Å². The van der Waals surface area contributed by atoms with E-state index in [4.69, 9.17) is 15.2 Å². The normalized spacial score (nSPS) is 12.4. The van der Waals surface area contributed by atoms with Crippen LogP contribution in [0.1, 0.15) is 5.56 Å². The highest BCUT2D eigenvalue weighted by Crippen LogP contribution is 2.41. The Morgan fingerprint density at radius 2 is 2.14 bits per heavy atom. The third kappa shape index (κ3) is 1.86. The molecule has 3 N–H and O–H groups in total. The zero-order chi connectivity index (χ0) is 9.26. The number of ether oxygens (including phenoxy) is 2. The van der Waals surface area contributed by atoms with E-state index in [1.165, 1.54) is 0 Å². The van der Waals surface area contributed by atoms with Crippen LogP contribution in [0.5, 0.6) is 17.2 Å². The van der Waals surface area contributed by atoms with Gasteiger partial charge in [-0.05, 0) is 30.7 Å². The first-order valence-electron chi connectivity index (χ1n) is 4.13. The summed E-state index contributed by atoms with van der Waals surface area (Å²) < 4.78 is 10.2. The largest absolute Gasteiger partial charge is 0.504 e. The molecular formula is C9H12ClNO3. The lowest BCUT2D eigenvalue weighted by molar-refractivity contribution is 0.171. The minimum absolute atomic E-state index is 0. The zero-order valence-electron chi connectivity index (χ0n) is 7.53. The van der Waals surface area contributed by atoms with Crippen LogP contribution in [0.25, 0.3) is 0 Å². The van der Waals surface area contributed by atoms with Gasteiger partial charge in [0.2, 0.25) is 12.5 Å². The Balaban J connectivity index is 0.000000980. The second-order valence-electron chi connectivity index (χ2n) is 2.89. The van der Waals surface area contributed by atoms with Crippen molar-refractivity contribution < 1.29 is 14.6 Å². The van der Waals surface area contributed by atoms with E-state index < -0.39 is 0 Å². The number of benzene rings is 1. The van der Waals surface area contributed by atoms with E-state index in [1.54, 1.807) is 6.07 Å². The molecule has 0 saturated carbocycles. The predicted molar refractivity (Wildman–Crippen MR) is 54.2 cm³/mol. The highest BCUT2D eigenvalue weighted by atomic mass is 35.5. The van der Waals surface area contributed by atoms with E-state index in [1.807, 2.05) is 6.07 Å². The molecule has 0 saturated heterocycles. The molecule has 0 fully saturated rings. The third-order valence-electron chi connectivity index (χ3n) is 1.95. The van der Waals surface area contributed by atoms with Gasteiger partial charge in [-0.15, -0.1) is 12.4 Å². The minimum atomic E-state index is 0. The Morgan fingerprint density at radius 1 is 1.36 bits per heavy atom. The second kappa shape index (κ2) is 4.39. The average Bonchev–Trinajstić information content (AvgIpc) is 2.53. The molecule has 1 aromatic rings. The lowest BCUT2D eigenvalue weighted by Gasteiger charge is -2.03. The summed E-state index contributed by atoms with van der Waals surface area (Å²) in [6.45, 7) is 0.730. The first-order chi connectivity index (χ1) is 6.31. The number of halogens is 1. The summed E-state index contributed by atoms with van der Waals surface area (Å²) >= 11 is 0. The van der Waals surface area contributed by atoms with Crippen LogP contribution in [0.3, 0.4) is 0 Å². The number of nitrogens with two attached hydrogens (primary N) is 1. The van der Waals surface area contributed by atoms with Crippen molar-refractivity contribution in [3.8, 4) is 17.2 Å². The fourth-order valence-electron chi connectivity index (χ4n) is 1.36. The lowest BCUT2D eigenvalue weighted by Crippen LogP contribution is -2.02. The summed E-state index contributed by atoms with van der Waals surface area (Å²) in [6, 6.07) is 3.50. The monoisotopic (exact) mass is 217 g/mol. The molecule has 0 radical (unpaired) electrons. The lowest BCUT2D eigenvalue weighted by atomic mass is 10.1. The molecule has 1 aliphatic rings. The number of phenolic OH excluding ortho intramolecular Hbond substituents is 1. The molecule has 0 aromatic heterocycles. The molecule has 78 valence electrons. The second-order valence-corrected chi connectivity index (χ2v) is 2.89. The predicted octanol–water partition coefficient (Wildman–Crippen LogP) is 1.04. The standard InChI is InChI=1S/C9H11NO3.ClH/c10-2-1-6-3-7(11)9-8(4-6)12-5-13-9;/h3-4,11H,1-2,5,10H2;1H. The average molecular weight is 218 g/mol. The van der Waals surface area contributed by atoms with Crippen LogP contribution < -0.4 is 15.2 Å². The van der Waals surface area contributed by atoms with Crippen LogP contribution in [0, 0.1) is 0 Å². The number of fused-ring (bicyclic) bond motifs is 1. The molecule has 1 heterocycles. The van der Waals surface area contributed by atoms with E-state index in [-0.39, 0.29) is 24.9 Å². The van der Waals surface area contributed by atoms with Crippen LogP contribution >= 0.6 is 12.4 Å². The quantitative estimate of drug-likeness (QED) is 0.777. The van der Waals surface area contributed by atoms with E-state index in [0.29, 0.717) is 18.0 Å². The highest BCUT2D eigenvalue weighted by molar-refractivity contribution is 5.85. The van der Waals surface area contributed by atoms with Crippen LogP contribution in [-0.4, -0.2) is 18.4 Å². The van der Waals surface area contributed by atoms with Gasteiger partial charge in [-0.1, -0.05) is 0 Å². The fourth-order valence-corrected chi connectivity index (χ4v) is 1.36. The molecule has 0 aliphatic carbocycles. The molecule has 0 bridgehead atoms. The minimum Gasteiger partial charge on any atom is -0.504 e. The molecule has 4 nitrogen and oxygen atoms in total. The molecule has 0 atom stereocenters. The van der Waals surface area contributed by atoms with Gasteiger partial charge in [0.25, 0.3) is 0 Å². The van der Waals surface area contributed by atoms with Gasteiger partial charge in [-0.3, -0.25) is 0 Å². The van der Waals surface area contributed by atoms with Crippen molar-refractivity contribution in [3.63, 3.8) is 0 Å². The van der Waals surface area contributed by atoms with Crippen molar-refractivity contribution in [3.05, 3.63) is 17.7 Å². The maximum absolute atomic E-state index is 9.49. The first kappa shape index (κ1) is 10.9. The van der Waals surface area contributed by atoms with Gasteiger partial charge >= 0.3 is 0 Å². The van der Waals surface area contributed by atoms with E-state index >= 15 is 0 Å². The topological polar surface area (TPSA) is 64.7 Å². The number of hydrogen-bond acceptors (Lipinski definition) is 4. The zero-order valence-corrected chi connectivity index (χ0v) is 8.34. The van der Waals surface area contributed by atoms with Gasteiger partial charge in [0.1, 0.15) is 0 Å². The summed E-state index contributed by atoms with van der Waals surface area (Å²) in [7, 11) is 0. The SMILES string of the molecule is Cl.NCCc1cc(O)c2c(c1)OCO2. The van der Waals surface area contributed by atoms with Crippen LogP contribution in [0.4, 0.5) is 0 Å². The van der Waals surface area contributed by atoms with Gasteiger partial charge in [0.05, 0.1) is 0 Å². The van der Waals surface area contributed by atoms with Crippen molar-refractivity contribution in [2.75, 3.05) is 13.3 Å². The maximum atomic E-state index is 9.49. The van der Waals surface area contributed by atoms with Crippen molar-refractivity contribution in [2.45, 2.75) is 6.42 Å². The number of phenols is 1. The Morgan fingerprint density at radius 3 is 2.86 bits per heavy atom. The van der Waals surface area contributed by atoms with Gasteiger partial charge in [-0.25, -0.2) is 0 Å². The summed E-state index contributed by atoms with van der Waals surface area (Å²) in [5.41, 5.74) is 6.36. The summed E-state index contributed by atoms with van der Waals surface area (Å²) in [4.78, 5) is 0. The number of hydrogen-bond donors (Lipinski definition) is 2. The van der Waals surface area contributed by atoms with E-state index in [2.05, 4.69) is 0 Å². The highest BCUT2D eigenvalue weighted by Gasteiger charge is 2.18. The molecule has 0 amide bonds. The smallest absolute Gasteiger partial charge is 0.231 e. The maximum Gasteiger partial charge on any atom is 0.231 e. The summed E-state index contributed by atoms with van der Waals surface area (Å²) in [5.74, 6) is 1.16. The molecular weight excluding hydrogens is 206 g/mol. The van der Waals surface area contributed by atoms with Crippen molar-refractivity contribution in [1.82, 2.24) is 0 Å². The molecule has 0 spiro atoms. The van der Waals surface area contributed by atoms with Gasteiger partial charge in [0, 0.05) is 0 Å². The Bertz CT molecular complexity index is 330. The Hall–Kier alpha value is -1.13. The molecule has 5 heteroatoms. The van der Waals surface area contributed by atoms with Crippen molar-refractivity contribution in [1.29, 1.82) is 0 Å². The van der Waals surface area contributed by atoms with Crippen molar-refractivity contribution >= 4 is 12.4 Å². The number of rotatable bonds is 2. The molecule has 14 heavy (non-hydrogen) atoms. The van der Waals surface area contributed by atoms with Crippen molar-refractivity contribution in [2.24, 2.45) is 5.73 Å². The van der Waals surface area contributed by atoms with Gasteiger partial charge in [-0.2, -0.15) is 0 Å². The Kier molecular flexibility index (Phi) is 3.43. The fraction of sp³-hybridized carbons (Fsp3) is 0.333. The number of aromatic hydroxyl groups is 1. The Labute approximate surface area is 88.0 Å². The summed E-state index contributed by atoms with van der Waals surface area (Å²) in [6.07, 6.45) is 0.726.